The second kappa shape index (κ2) is 14.8. The van der Waals surface area contributed by atoms with E-state index in [1.165, 1.54) is 5.56 Å². The molecule has 0 atom stereocenters. The van der Waals surface area contributed by atoms with Gasteiger partial charge in [-0.2, -0.15) is 0 Å². The third kappa shape index (κ3) is 7.71. The van der Waals surface area contributed by atoms with E-state index in [4.69, 9.17) is 17.1 Å². The zero-order chi connectivity index (χ0) is 36.9. The van der Waals surface area contributed by atoms with Gasteiger partial charge in [-0.3, -0.25) is 4.98 Å². The molecule has 50 heavy (non-hydrogen) atoms. The molecule has 0 spiro atoms. The molecule has 0 aliphatic carbocycles. The molecule has 5 nitrogen and oxygen atoms in total. The van der Waals surface area contributed by atoms with Crippen molar-refractivity contribution in [2.75, 3.05) is 0 Å². The van der Waals surface area contributed by atoms with Gasteiger partial charge >= 0.3 is 0 Å². The Morgan fingerprint density at radius 3 is 2.38 bits per heavy atom. The molecule has 0 N–H and O–H groups in total. The number of hydrogen-bond donors (Lipinski definition) is 0. The normalized spacial score (nSPS) is 12.9. The topological polar surface area (TPSA) is 56.7 Å². The van der Waals surface area contributed by atoms with Crippen LogP contribution < -0.4 is 5.19 Å². The fraction of sp³-hybridized carbons (Fsp3) is 0.326. The van der Waals surface area contributed by atoms with E-state index in [9.17, 15) is 0 Å². The molecule has 7 rings (SSSR count). The summed E-state index contributed by atoms with van der Waals surface area (Å²) in [4.78, 5) is 14.1. The molecule has 4 heterocycles. The van der Waals surface area contributed by atoms with Crippen LogP contribution in [0.4, 0.5) is 0 Å². The van der Waals surface area contributed by atoms with Crippen LogP contribution >= 0.6 is 0 Å². The predicted molar refractivity (Wildman–Crippen MR) is 208 cm³/mol. The van der Waals surface area contributed by atoms with Gasteiger partial charge in [0.25, 0.3) is 0 Å². The zero-order valence-electron chi connectivity index (χ0n) is 32.8. The Kier molecular flexibility index (Phi) is 10.2. The number of para-hydroxylation sites is 2. The van der Waals surface area contributed by atoms with Gasteiger partial charge < -0.3 is 14.0 Å². The maximum absolute atomic E-state index is 8.69. The van der Waals surface area contributed by atoms with Gasteiger partial charge in [-0.05, 0) is 66.7 Å². The van der Waals surface area contributed by atoms with Gasteiger partial charge in [0, 0.05) is 46.7 Å². The first kappa shape index (κ1) is 34.5. The van der Waals surface area contributed by atoms with Crippen molar-refractivity contribution in [1.82, 2.24) is 19.5 Å². The molecule has 3 aromatic carbocycles. The van der Waals surface area contributed by atoms with Crippen LogP contribution in [-0.2, 0) is 38.4 Å². The van der Waals surface area contributed by atoms with E-state index in [1.807, 2.05) is 75.5 Å². The van der Waals surface area contributed by atoms with Gasteiger partial charge in [0.05, 0.1) is 30.5 Å². The first-order chi connectivity index (χ1) is 24.0. The number of hydrogen-bond acceptors (Lipinski definition) is 4. The molecule has 0 saturated carbocycles. The van der Waals surface area contributed by atoms with Gasteiger partial charge in [-0.15, -0.1) is 53.6 Å². The van der Waals surface area contributed by atoms with E-state index in [-0.39, 0.29) is 31.4 Å². The predicted octanol–water partition coefficient (Wildman–Crippen LogP) is 10.7. The molecule has 0 amide bonds. The van der Waals surface area contributed by atoms with Crippen molar-refractivity contribution in [3.05, 3.63) is 108 Å². The fourth-order valence-electron chi connectivity index (χ4n) is 6.18. The van der Waals surface area contributed by atoms with Gasteiger partial charge in [0.2, 0.25) is 5.71 Å². The summed E-state index contributed by atoms with van der Waals surface area (Å²) >= 11 is 0. The minimum Gasteiger partial charge on any atom is -0.486 e. The smallest absolute Gasteiger partial charge is 0.216 e. The molecule has 261 valence electrons. The molecule has 0 aliphatic rings. The number of nitrogens with zero attached hydrogens (tertiary/aromatic N) is 4. The third-order valence-electron chi connectivity index (χ3n) is 8.73. The summed E-state index contributed by atoms with van der Waals surface area (Å²) in [5.74, 6) is 0.780. The molecule has 0 fully saturated rings. The Labute approximate surface area is 314 Å². The van der Waals surface area contributed by atoms with Gasteiger partial charge in [0.15, 0.2) is 0 Å². The van der Waals surface area contributed by atoms with E-state index in [1.54, 1.807) is 0 Å². The van der Waals surface area contributed by atoms with Crippen LogP contribution in [-0.4, -0.2) is 27.6 Å². The Balaban J connectivity index is 0.000000197. The molecule has 4 aromatic heterocycles. The number of aromatic nitrogens is 4. The summed E-state index contributed by atoms with van der Waals surface area (Å²) in [6, 6.07) is 31.0. The van der Waals surface area contributed by atoms with E-state index < -0.39 is 14.4 Å². The molecule has 0 bridgehead atoms. The molecule has 0 unspecified atom stereocenters. The van der Waals surface area contributed by atoms with E-state index in [0.29, 0.717) is 5.71 Å². The number of rotatable bonds is 6. The van der Waals surface area contributed by atoms with Crippen molar-refractivity contribution in [3.63, 3.8) is 0 Å². The summed E-state index contributed by atoms with van der Waals surface area (Å²) in [7, 11) is -1.71. The molecule has 1 radical (unpaired) electrons. The summed E-state index contributed by atoms with van der Waals surface area (Å²) in [5, 5.41) is 3.17. The number of imidazole rings is 1. The van der Waals surface area contributed by atoms with E-state index in [0.717, 1.165) is 73.0 Å². The van der Waals surface area contributed by atoms with Gasteiger partial charge in [-0.25, -0.2) is 4.98 Å². The maximum atomic E-state index is 8.69. The second-order valence-corrected chi connectivity index (χ2v) is 20.1. The average Bonchev–Trinajstić information content (AvgIpc) is 3.65. The molecular weight excluding hydrogens is 809 g/mol. The van der Waals surface area contributed by atoms with Crippen LogP contribution in [0.1, 0.15) is 61.1 Å². The molecule has 7 heteroatoms. The Bertz CT molecular complexity index is 2370. The van der Waals surface area contributed by atoms with Crippen LogP contribution in [0.25, 0.3) is 55.7 Å². The van der Waals surface area contributed by atoms with Crippen molar-refractivity contribution in [2.24, 2.45) is 5.92 Å². The molecule has 0 saturated heterocycles. The van der Waals surface area contributed by atoms with E-state index >= 15 is 0 Å². The summed E-state index contributed by atoms with van der Waals surface area (Å²) < 4.78 is 25.7. The summed E-state index contributed by atoms with van der Waals surface area (Å²) in [6.07, 6.45) is 0.531. The van der Waals surface area contributed by atoms with Gasteiger partial charge in [0.1, 0.15) is 0 Å². The molecule has 0 aliphatic heterocycles. The minimum absolute atomic E-state index is 0. The van der Waals surface area contributed by atoms with Crippen LogP contribution in [0.15, 0.2) is 83.4 Å². The van der Waals surface area contributed by atoms with E-state index in [2.05, 4.69) is 93.3 Å². The van der Waals surface area contributed by atoms with Crippen molar-refractivity contribution in [1.29, 1.82) is 0 Å². The van der Waals surface area contributed by atoms with Crippen molar-refractivity contribution >= 4 is 46.4 Å². The van der Waals surface area contributed by atoms with Crippen LogP contribution in [0.5, 0.6) is 0 Å². The SMILES string of the molecule is CCn1c(-c2[c-]ccc3c2oc2nc(C)ccc23)nc2ccccc21.[2H]C([2H])(c1cc(-c2[c-]ccc(C(C)(C)C)c2)ncc1[Si](C)(C)C)C(C)C.[Ir]. The molecular formula is C43H48IrN4OSi-2. The zero-order valence-corrected chi connectivity index (χ0v) is 34.2. The Morgan fingerprint density at radius 2 is 1.68 bits per heavy atom. The van der Waals surface area contributed by atoms with Crippen molar-refractivity contribution in [3.8, 4) is 22.6 Å². The number of fused-ring (bicyclic) bond motifs is 4. The first-order valence-electron chi connectivity index (χ1n) is 18.2. The van der Waals surface area contributed by atoms with Crippen LogP contribution in [0.2, 0.25) is 19.6 Å². The number of aryl methyl sites for hydroxylation is 2. The number of pyridine rings is 2. The van der Waals surface area contributed by atoms with Crippen LogP contribution in [0, 0.1) is 25.0 Å². The summed E-state index contributed by atoms with van der Waals surface area (Å²) in [5.41, 5.74) is 9.20. The van der Waals surface area contributed by atoms with Crippen molar-refractivity contribution in [2.45, 2.75) is 86.4 Å². The first-order valence-corrected chi connectivity index (χ1v) is 20.7. The average molecular weight is 859 g/mol. The summed E-state index contributed by atoms with van der Waals surface area (Å²) in [6.45, 7) is 22.1. The standard InChI is InChI=1S/C22H32NSi.C21H16N3O.Ir/c1-16(2)12-18-14-20(23-15-21(18)24(6,7)8)17-10-9-11-19(13-17)22(3,4)5;1-3-24-18-10-5-4-9-17(18)23-20(24)16-8-6-7-14-15-12-11-13(2)22-21(15)25-19(14)16;/h9,11,13-16H,12H2,1-8H3;4-7,9-12H,3H2,1-2H3;/q2*-1;/i12D2;;. The quantitative estimate of drug-likeness (QED) is 0.123. The fourth-order valence-corrected chi connectivity index (χ4v) is 7.58. The minimum atomic E-state index is -1.71. The Hall–Kier alpha value is -3.90. The Morgan fingerprint density at radius 1 is 0.940 bits per heavy atom. The van der Waals surface area contributed by atoms with Crippen molar-refractivity contribution < 1.29 is 27.3 Å². The number of benzene rings is 3. The monoisotopic (exact) mass is 859 g/mol. The largest absolute Gasteiger partial charge is 0.486 e. The second-order valence-electron chi connectivity index (χ2n) is 15.1. The molecule has 7 aromatic rings. The number of furan rings is 1. The third-order valence-corrected chi connectivity index (χ3v) is 10.7. The van der Waals surface area contributed by atoms with Crippen LogP contribution in [0.3, 0.4) is 0 Å². The van der Waals surface area contributed by atoms with Gasteiger partial charge in [-0.1, -0.05) is 89.0 Å². The maximum Gasteiger partial charge on any atom is 0.216 e.